The highest BCUT2D eigenvalue weighted by molar-refractivity contribution is 7.85. The second kappa shape index (κ2) is 12.0. The van der Waals surface area contributed by atoms with Crippen LogP contribution in [0.4, 0.5) is 17.1 Å². The number of nitrogens with one attached hydrogen (secondary N) is 1. The molecule has 7 heteroatoms. The number of benzene rings is 2. The lowest BCUT2D eigenvalue weighted by Crippen LogP contribution is -2.37. The third-order valence-corrected chi connectivity index (χ3v) is 8.17. The molecule has 2 aromatic rings. The molecule has 0 radical (unpaired) electrons. The summed E-state index contributed by atoms with van der Waals surface area (Å²) in [5, 5.41) is 3.20. The van der Waals surface area contributed by atoms with E-state index in [4.69, 9.17) is 9.47 Å². The van der Waals surface area contributed by atoms with Crippen LogP contribution in [-0.4, -0.2) is 35.1 Å². The van der Waals surface area contributed by atoms with E-state index in [1.807, 2.05) is 58.2 Å². The van der Waals surface area contributed by atoms with Gasteiger partial charge in [0.05, 0.1) is 39.4 Å². The molecular weight excluding hydrogens is 472 g/mol. The first-order valence-corrected chi connectivity index (χ1v) is 14.1. The van der Waals surface area contributed by atoms with Crippen LogP contribution >= 0.6 is 0 Å². The number of para-hydroxylation sites is 1. The number of esters is 1. The molecule has 6 nitrogen and oxygen atoms in total. The molecule has 3 rings (SSSR count). The molecule has 0 aliphatic carbocycles. The summed E-state index contributed by atoms with van der Waals surface area (Å²) in [6, 6.07) is 14.1. The second-order valence-electron chi connectivity index (χ2n) is 10.4. The third-order valence-electron chi connectivity index (χ3n) is 6.48. The minimum Gasteiger partial charge on any atom is -0.463 e. The maximum absolute atomic E-state index is 13.8. The van der Waals surface area contributed by atoms with Crippen molar-refractivity contribution in [3.63, 3.8) is 0 Å². The highest BCUT2D eigenvalue weighted by Crippen LogP contribution is 2.45. The molecule has 0 saturated heterocycles. The molecule has 0 bridgehead atoms. The number of anilines is 3. The molecule has 2 unspecified atom stereocenters. The molecule has 1 aliphatic heterocycles. The van der Waals surface area contributed by atoms with Crippen molar-refractivity contribution in [2.75, 3.05) is 29.6 Å². The fourth-order valence-corrected chi connectivity index (χ4v) is 6.28. The van der Waals surface area contributed by atoms with Gasteiger partial charge in [-0.1, -0.05) is 44.9 Å². The summed E-state index contributed by atoms with van der Waals surface area (Å²) in [6.45, 7) is 10.7. The van der Waals surface area contributed by atoms with Crippen LogP contribution in [0.1, 0.15) is 60.3 Å². The van der Waals surface area contributed by atoms with E-state index in [2.05, 4.69) is 36.2 Å². The number of carbonyl (C=O) groups excluding carboxylic acids is 1. The van der Waals surface area contributed by atoms with Crippen LogP contribution in [0.25, 0.3) is 0 Å². The Balaban J connectivity index is 2.04. The van der Waals surface area contributed by atoms with Crippen LogP contribution in [0.2, 0.25) is 0 Å². The van der Waals surface area contributed by atoms with Gasteiger partial charge in [0.25, 0.3) is 0 Å². The Morgan fingerprint density at radius 2 is 1.92 bits per heavy atom. The Morgan fingerprint density at radius 3 is 2.53 bits per heavy atom. The van der Waals surface area contributed by atoms with Gasteiger partial charge in [-0.25, -0.2) is 4.79 Å². The second-order valence-corrected chi connectivity index (χ2v) is 11.8. The van der Waals surface area contributed by atoms with E-state index in [1.165, 1.54) is 12.3 Å². The summed E-state index contributed by atoms with van der Waals surface area (Å²) in [5.74, 6) is 0.632. The first-order valence-electron chi connectivity index (χ1n) is 12.7. The van der Waals surface area contributed by atoms with Gasteiger partial charge < -0.3 is 19.7 Å². The number of nitrogens with zero attached hydrogens (tertiary/aromatic N) is 1. The van der Waals surface area contributed by atoms with Crippen molar-refractivity contribution in [1.82, 2.24) is 0 Å². The lowest BCUT2D eigenvalue weighted by molar-refractivity contribution is -0.148. The monoisotopic (exact) mass is 512 g/mol. The predicted octanol–water partition coefficient (Wildman–Crippen LogP) is 6.81. The third kappa shape index (κ3) is 6.90. The summed E-state index contributed by atoms with van der Waals surface area (Å²) in [6.07, 6.45) is 6.79. The van der Waals surface area contributed by atoms with Crippen molar-refractivity contribution < 1.29 is 18.5 Å². The number of hydrogen-bond acceptors (Lipinski definition) is 6. The maximum atomic E-state index is 13.8. The smallest absolute Gasteiger partial charge is 0.334 e. The van der Waals surface area contributed by atoms with E-state index < -0.39 is 22.4 Å². The van der Waals surface area contributed by atoms with Crippen molar-refractivity contribution in [2.24, 2.45) is 5.41 Å². The fraction of sp³-hybridized carbons (Fsp3) is 0.483. The lowest BCUT2D eigenvalue weighted by Gasteiger charge is -2.36. The van der Waals surface area contributed by atoms with E-state index in [9.17, 15) is 9.00 Å². The highest BCUT2D eigenvalue weighted by Gasteiger charge is 2.38. The molecule has 2 atom stereocenters. The zero-order chi connectivity index (χ0) is 26.3. The topological polar surface area (TPSA) is 67.9 Å². The minimum absolute atomic E-state index is 0.0623. The lowest BCUT2D eigenvalue weighted by atomic mass is 9.81. The number of unbranched alkanes of at least 4 members (excludes halogenated alkanes) is 1. The fourth-order valence-electron chi connectivity index (χ4n) is 4.49. The Hall–Kier alpha value is -2.80. The summed E-state index contributed by atoms with van der Waals surface area (Å²) < 4.78 is 25.0. The van der Waals surface area contributed by atoms with Gasteiger partial charge in [0.2, 0.25) is 0 Å². The number of ether oxygens (including phenoxy) is 2. The van der Waals surface area contributed by atoms with Crippen molar-refractivity contribution in [1.29, 1.82) is 0 Å². The van der Waals surface area contributed by atoms with E-state index >= 15 is 0 Å². The van der Waals surface area contributed by atoms with E-state index in [-0.39, 0.29) is 5.41 Å². The molecule has 1 heterocycles. The van der Waals surface area contributed by atoms with Crippen LogP contribution < -0.4 is 15.0 Å². The number of carbonyl (C=O) groups is 1. The SMILES string of the molecule is CCCCC1(CC)CN(c2ccccc2)c2cc(NC)c(O/C=C/C(=O)OC(C)(C)C)cc2S(=O)C1. The Kier molecular flexibility index (Phi) is 9.23. The molecule has 0 aromatic heterocycles. The van der Waals surface area contributed by atoms with Gasteiger partial charge >= 0.3 is 5.97 Å². The van der Waals surface area contributed by atoms with Crippen LogP contribution in [0.5, 0.6) is 5.75 Å². The Labute approximate surface area is 218 Å². The molecule has 1 aliphatic rings. The minimum atomic E-state index is -1.21. The Bertz CT molecular complexity index is 1090. The summed E-state index contributed by atoms with van der Waals surface area (Å²) >= 11 is 0. The highest BCUT2D eigenvalue weighted by atomic mass is 32.2. The number of hydrogen-bond donors (Lipinski definition) is 1. The molecule has 0 amide bonds. The molecule has 0 spiro atoms. The molecule has 1 N–H and O–H groups in total. The summed E-state index contributed by atoms with van der Waals surface area (Å²) in [7, 11) is 0.611. The molecule has 2 aromatic carbocycles. The van der Waals surface area contributed by atoms with Crippen LogP contribution in [0.3, 0.4) is 0 Å². The predicted molar refractivity (Wildman–Crippen MR) is 149 cm³/mol. The van der Waals surface area contributed by atoms with E-state index in [0.29, 0.717) is 11.5 Å². The van der Waals surface area contributed by atoms with Crippen molar-refractivity contribution in [3.05, 3.63) is 54.8 Å². The quantitative estimate of drug-likeness (QED) is 0.226. The largest absolute Gasteiger partial charge is 0.463 e. The van der Waals surface area contributed by atoms with Gasteiger partial charge in [0.15, 0.2) is 5.75 Å². The van der Waals surface area contributed by atoms with Crippen molar-refractivity contribution >= 4 is 33.8 Å². The first-order chi connectivity index (χ1) is 17.1. The first kappa shape index (κ1) is 27.8. The van der Waals surface area contributed by atoms with Crippen molar-refractivity contribution in [3.8, 4) is 5.75 Å². The van der Waals surface area contributed by atoms with Gasteiger partial charge in [-0.05, 0) is 57.2 Å². The average molecular weight is 513 g/mol. The average Bonchev–Trinajstić information content (AvgIpc) is 2.96. The van der Waals surface area contributed by atoms with Gasteiger partial charge in [0.1, 0.15) is 5.60 Å². The van der Waals surface area contributed by atoms with Crippen LogP contribution in [0.15, 0.2) is 59.7 Å². The van der Waals surface area contributed by atoms with Crippen molar-refractivity contribution in [2.45, 2.75) is 70.8 Å². The van der Waals surface area contributed by atoms with Crippen LogP contribution in [-0.2, 0) is 20.3 Å². The summed E-state index contributed by atoms with van der Waals surface area (Å²) in [4.78, 5) is 15.1. The normalized spacial score (nSPS) is 20.1. The Morgan fingerprint density at radius 1 is 1.19 bits per heavy atom. The molecular formula is C29H40N2O4S. The van der Waals surface area contributed by atoms with Gasteiger partial charge in [-0.3, -0.25) is 4.21 Å². The molecule has 196 valence electrons. The van der Waals surface area contributed by atoms with Gasteiger partial charge in [-0.2, -0.15) is 0 Å². The standard InChI is InChI=1S/C29H40N2O4S/c1-7-9-16-29(8-2)20-31(22-13-11-10-12-14-22)24-18-23(30-6)25(19-26(24)36(33)21-29)34-17-15-27(32)35-28(3,4)5/h10-15,17-19,30H,7-9,16,20-21H2,1-6H3/b17-15+. The van der Waals surface area contributed by atoms with E-state index in [1.54, 1.807) is 0 Å². The molecule has 0 saturated carbocycles. The van der Waals surface area contributed by atoms with E-state index in [0.717, 1.165) is 54.2 Å². The summed E-state index contributed by atoms with van der Waals surface area (Å²) in [5.41, 5.74) is 2.10. The zero-order valence-electron chi connectivity index (χ0n) is 22.4. The molecule has 0 fully saturated rings. The maximum Gasteiger partial charge on any atom is 0.334 e. The van der Waals surface area contributed by atoms with Gasteiger partial charge in [0, 0.05) is 31.1 Å². The number of fused-ring (bicyclic) bond motifs is 1. The number of rotatable bonds is 9. The zero-order valence-corrected chi connectivity index (χ0v) is 23.2. The van der Waals surface area contributed by atoms with Crippen LogP contribution in [0, 0.1) is 5.41 Å². The van der Waals surface area contributed by atoms with Gasteiger partial charge in [-0.15, -0.1) is 0 Å². The molecule has 36 heavy (non-hydrogen) atoms.